The van der Waals surface area contributed by atoms with Gasteiger partial charge in [-0.05, 0) is 98.6 Å². The Kier molecular flexibility index (Phi) is 9.80. The van der Waals surface area contributed by atoms with Crippen molar-refractivity contribution in [1.82, 2.24) is 9.80 Å². The second-order valence-corrected chi connectivity index (χ2v) is 11.4. The summed E-state index contributed by atoms with van der Waals surface area (Å²) in [6, 6.07) is 20.6. The summed E-state index contributed by atoms with van der Waals surface area (Å²) in [7, 11) is 0. The minimum atomic E-state index is -0.982. The number of nitrogens with zero attached hydrogens (tertiary/aromatic N) is 2. The highest BCUT2D eigenvalue weighted by Gasteiger charge is 2.22. The molecule has 0 aromatic heterocycles. The van der Waals surface area contributed by atoms with Gasteiger partial charge in [0.1, 0.15) is 11.6 Å². The van der Waals surface area contributed by atoms with Gasteiger partial charge in [-0.15, -0.1) is 0 Å². The van der Waals surface area contributed by atoms with Crippen LogP contribution in [0, 0.1) is 11.7 Å². The van der Waals surface area contributed by atoms with Crippen molar-refractivity contribution in [3.8, 4) is 5.75 Å². The van der Waals surface area contributed by atoms with Gasteiger partial charge < -0.3 is 9.84 Å². The van der Waals surface area contributed by atoms with Crippen molar-refractivity contribution >= 4 is 11.8 Å². The molecule has 0 aliphatic carbocycles. The van der Waals surface area contributed by atoms with Crippen LogP contribution in [0.5, 0.6) is 5.75 Å². The molecule has 1 saturated heterocycles. The van der Waals surface area contributed by atoms with Crippen LogP contribution in [0.3, 0.4) is 0 Å². The van der Waals surface area contributed by atoms with Gasteiger partial charge in [-0.2, -0.15) is 0 Å². The number of benzene rings is 3. The van der Waals surface area contributed by atoms with Crippen LogP contribution in [0.25, 0.3) is 0 Å². The topological polar surface area (TPSA) is 70.1 Å². The van der Waals surface area contributed by atoms with Crippen LogP contribution in [0.2, 0.25) is 0 Å². The third-order valence-electron chi connectivity index (χ3n) is 8.37. The van der Waals surface area contributed by atoms with Crippen LogP contribution >= 0.6 is 0 Å². The number of halogens is 1. The molecule has 216 valence electrons. The zero-order chi connectivity index (χ0) is 28.6. The first-order chi connectivity index (χ1) is 19.9. The number of ketones is 1. The van der Waals surface area contributed by atoms with Crippen LogP contribution in [-0.2, 0) is 30.8 Å². The van der Waals surface area contributed by atoms with Gasteiger partial charge in [-0.1, -0.05) is 42.5 Å². The number of carbonyl (C=O) groups is 2. The molecule has 0 unspecified atom stereocenters. The van der Waals surface area contributed by atoms with Gasteiger partial charge in [-0.25, -0.2) is 9.18 Å². The standard InChI is InChI=1S/C34H39FN2O4/c35-31-12-7-26(8-13-31)21-37-17-3-5-27-10-11-28(20-30(27)23-37)32(38)14-9-25-15-18-36(19-16-25)22-29-4-1-2-6-33(29)41-24-34(39)40/h1-2,4,6-8,10-13,20,25H,3,5,9,14-19,21-24H2,(H,39,40). The Morgan fingerprint density at radius 3 is 2.46 bits per heavy atom. The van der Waals surface area contributed by atoms with Gasteiger partial charge in [0.05, 0.1) is 0 Å². The van der Waals surface area contributed by atoms with Gasteiger partial charge in [0, 0.05) is 37.2 Å². The van der Waals surface area contributed by atoms with E-state index in [0.29, 0.717) is 18.1 Å². The molecule has 0 spiro atoms. The zero-order valence-corrected chi connectivity index (χ0v) is 23.6. The van der Waals surface area contributed by atoms with Crippen molar-refractivity contribution in [2.45, 2.75) is 58.2 Å². The molecule has 0 bridgehead atoms. The SMILES string of the molecule is O=C(O)COc1ccccc1CN1CCC(CCC(=O)c2ccc3c(c2)CN(Cc2ccc(F)cc2)CCC3)CC1. The molecule has 2 heterocycles. The fourth-order valence-electron chi connectivity index (χ4n) is 6.05. The first-order valence-corrected chi connectivity index (χ1v) is 14.7. The number of carboxylic acids is 1. The van der Waals surface area contributed by atoms with E-state index in [9.17, 15) is 14.0 Å². The van der Waals surface area contributed by atoms with Gasteiger partial charge in [0.25, 0.3) is 0 Å². The molecule has 0 saturated carbocycles. The minimum absolute atomic E-state index is 0.213. The third-order valence-corrected chi connectivity index (χ3v) is 8.37. The van der Waals surface area contributed by atoms with Crippen molar-refractivity contribution in [2.24, 2.45) is 5.92 Å². The Morgan fingerprint density at radius 2 is 1.68 bits per heavy atom. The number of rotatable bonds is 11. The molecule has 0 atom stereocenters. The molecule has 41 heavy (non-hydrogen) atoms. The lowest BCUT2D eigenvalue weighted by Crippen LogP contribution is -2.33. The lowest BCUT2D eigenvalue weighted by atomic mass is 9.89. The first kappa shape index (κ1) is 29.0. The Balaban J connectivity index is 1.10. The summed E-state index contributed by atoms with van der Waals surface area (Å²) in [5, 5.41) is 8.94. The van der Waals surface area contributed by atoms with E-state index in [1.54, 1.807) is 0 Å². The lowest BCUT2D eigenvalue weighted by molar-refractivity contribution is -0.139. The van der Waals surface area contributed by atoms with Crippen LogP contribution in [0.4, 0.5) is 4.39 Å². The quantitative estimate of drug-likeness (QED) is 0.286. The summed E-state index contributed by atoms with van der Waals surface area (Å²) >= 11 is 0. The fraction of sp³-hybridized carbons (Fsp3) is 0.412. The number of aliphatic carboxylic acids is 1. The van der Waals surface area contributed by atoms with Gasteiger partial charge >= 0.3 is 5.97 Å². The highest BCUT2D eigenvalue weighted by Crippen LogP contribution is 2.27. The van der Waals surface area contributed by atoms with Crippen molar-refractivity contribution in [3.63, 3.8) is 0 Å². The largest absolute Gasteiger partial charge is 0.482 e. The van der Waals surface area contributed by atoms with Gasteiger partial charge in [-0.3, -0.25) is 14.6 Å². The highest BCUT2D eigenvalue weighted by atomic mass is 19.1. The molecule has 2 aliphatic heterocycles. The van der Waals surface area contributed by atoms with Crippen molar-refractivity contribution in [3.05, 3.63) is 100 Å². The van der Waals surface area contributed by atoms with E-state index in [1.807, 2.05) is 42.5 Å². The molecule has 3 aromatic carbocycles. The van der Waals surface area contributed by atoms with Crippen molar-refractivity contribution < 1.29 is 23.8 Å². The average molecular weight is 559 g/mol. The molecule has 3 aromatic rings. The van der Waals surface area contributed by atoms with E-state index in [2.05, 4.69) is 21.9 Å². The summed E-state index contributed by atoms with van der Waals surface area (Å²) in [5.41, 5.74) is 5.47. The van der Waals surface area contributed by atoms with Crippen molar-refractivity contribution in [1.29, 1.82) is 0 Å². The predicted octanol–water partition coefficient (Wildman–Crippen LogP) is 6.11. The molecule has 5 rings (SSSR count). The number of carbonyl (C=O) groups excluding carboxylic acids is 1. The maximum absolute atomic E-state index is 13.3. The maximum atomic E-state index is 13.3. The molecule has 2 aliphatic rings. The first-order valence-electron chi connectivity index (χ1n) is 14.7. The number of carboxylic acid groups (broad SMARTS) is 1. The van der Waals surface area contributed by atoms with Crippen LogP contribution in [0.15, 0.2) is 66.7 Å². The number of likely N-dealkylation sites (tertiary alicyclic amines) is 1. The number of hydrogen-bond acceptors (Lipinski definition) is 5. The molecule has 1 N–H and O–H groups in total. The van der Waals surface area contributed by atoms with Gasteiger partial charge in [0.2, 0.25) is 0 Å². The van der Waals surface area contributed by atoms with Crippen molar-refractivity contribution in [2.75, 3.05) is 26.2 Å². The summed E-state index contributed by atoms with van der Waals surface area (Å²) in [5.74, 6) is 0.177. The Hall–Kier alpha value is -3.55. The molecule has 0 amide bonds. The number of para-hydroxylation sites is 1. The third kappa shape index (κ3) is 8.24. The monoisotopic (exact) mass is 558 g/mol. The van der Waals surface area contributed by atoms with E-state index in [-0.39, 0.29) is 18.2 Å². The van der Waals surface area contributed by atoms with Crippen LogP contribution in [0.1, 0.15) is 64.7 Å². The summed E-state index contributed by atoms with van der Waals surface area (Å²) in [6.45, 7) is 4.85. The summed E-state index contributed by atoms with van der Waals surface area (Å²) in [4.78, 5) is 28.9. The molecule has 0 radical (unpaired) electrons. The Bertz CT molecular complexity index is 1330. The second kappa shape index (κ2) is 13.9. The number of fused-ring (bicyclic) bond motifs is 1. The number of hydrogen-bond donors (Lipinski definition) is 1. The normalized spacial score (nSPS) is 16.6. The molecular formula is C34H39FN2O4. The number of piperidine rings is 1. The highest BCUT2D eigenvalue weighted by molar-refractivity contribution is 5.96. The van der Waals surface area contributed by atoms with Crippen LogP contribution < -0.4 is 4.74 Å². The molecular weight excluding hydrogens is 519 g/mol. The van der Waals surface area contributed by atoms with E-state index >= 15 is 0 Å². The van der Waals surface area contributed by atoms with E-state index in [4.69, 9.17) is 9.84 Å². The smallest absolute Gasteiger partial charge is 0.341 e. The number of Topliss-reactive ketones (excluding diaryl/α,β-unsaturated/α-hetero) is 1. The van der Waals surface area contributed by atoms with Crippen LogP contribution in [-0.4, -0.2) is 52.9 Å². The lowest BCUT2D eigenvalue weighted by Gasteiger charge is -2.32. The summed E-state index contributed by atoms with van der Waals surface area (Å²) < 4.78 is 18.8. The fourth-order valence-corrected chi connectivity index (χ4v) is 6.05. The average Bonchev–Trinajstić information content (AvgIpc) is 3.18. The zero-order valence-electron chi connectivity index (χ0n) is 23.6. The molecule has 7 heteroatoms. The Labute approximate surface area is 241 Å². The maximum Gasteiger partial charge on any atom is 0.341 e. The van der Waals surface area contributed by atoms with E-state index in [1.165, 1.54) is 23.3 Å². The predicted molar refractivity (Wildman–Crippen MR) is 156 cm³/mol. The van der Waals surface area contributed by atoms with Gasteiger partial charge in [0.15, 0.2) is 12.4 Å². The number of ether oxygens (including phenoxy) is 1. The second-order valence-electron chi connectivity index (χ2n) is 11.4. The van der Waals surface area contributed by atoms with E-state index in [0.717, 1.165) is 88.1 Å². The number of aryl methyl sites for hydroxylation is 1. The molecule has 6 nitrogen and oxygen atoms in total. The molecule has 1 fully saturated rings. The Morgan fingerprint density at radius 1 is 0.902 bits per heavy atom. The summed E-state index contributed by atoms with van der Waals surface area (Å²) in [6.07, 6.45) is 5.65. The van der Waals surface area contributed by atoms with E-state index < -0.39 is 5.97 Å². The minimum Gasteiger partial charge on any atom is -0.482 e.